The van der Waals surface area contributed by atoms with E-state index in [4.69, 9.17) is 9.72 Å². The number of nitrogens with zero attached hydrogens (tertiary/aromatic N) is 4. The molecule has 1 saturated heterocycles. The van der Waals surface area contributed by atoms with E-state index in [0.717, 1.165) is 69.6 Å². The molecule has 8 nitrogen and oxygen atoms in total. The standard InChI is InChI=1S/C33H55N5O3/c1-24(2)15-21-37(22-16-25(3)4)30(39)26-13-14-27-28(23-26)38(20-12-19-36-17-10-9-11-18-36)32(34-27)35-29(31(40)41-8)33(5,6)7/h13-14,23-25,29H,9-12,15-22H2,1-8H3,(H,34,35)/t29-/m1/s1. The molecule has 0 saturated carbocycles. The van der Waals surface area contributed by atoms with Crippen molar-refractivity contribution in [3.63, 3.8) is 0 Å². The summed E-state index contributed by atoms with van der Waals surface area (Å²) < 4.78 is 7.30. The highest BCUT2D eigenvalue weighted by Crippen LogP contribution is 2.28. The quantitative estimate of drug-likeness (QED) is 0.264. The minimum atomic E-state index is -0.561. The number of fused-ring (bicyclic) bond motifs is 1. The second kappa shape index (κ2) is 15.0. The summed E-state index contributed by atoms with van der Waals surface area (Å²) in [6.45, 7) is 20.5. The van der Waals surface area contributed by atoms with Crippen LogP contribution in [0.1, 0.15) is 97.3 Å². The van der Waals surface area contributed by atoms with Gasteiger partial charge >= 0.3 is 5.97 Å². The lowest BCUT2D eigenvalue weighted by Crippen LogP contribution is -2.42. The second-order valence-corrected chi connectivity index (χ2v) is 13.7. The van der Waals surface area contributed by atoms with Gasteiger partial charge in [0.25, 0.3) is 5.91 Å². The fraction of sp³-hybridized carbons (Fsp3) is 0.727. The lowest BCUT2D eigenvalue weighted by molar-refractivity contribution is -0.143. The molecule has 1 fully saturated rings. The van der Waals surface area contributed by atoms with Crippen molar-refractivity contribution < 1.29 is 14.3 Å². The third-order valence-electron chi connectivity index (χ3n) is 8.12. The zero-order valence-corrected chi connectivity index (χ0v) is 27.0. The summed E-state index contributed by atoms with van der Waals surface area (Å²) in [7, 11) is 1.42. The van der Waals surface area contributed by atoms with Crippen LogP contribution in [0.2, 0.25) is 0 Å². The smallest absolute Gasteiger partial charge is 0.328 e. The summed E-state index contributed by atoms with van der Waals surface area (Å²) in [5.74, 6) is 1.47. The van der Waals surface area contributed by atoms with Crippen LogP contribution in [0.4, 0.5) is 5.95 Å². The highest BCUT2D eigenvalue weighted by Gasteiger charge is 2.33. The Morgan fingerprint density at radius 1 is 1.00 bits per heavy atom. The number of carbonyl (C=O) groups is 2. The predicted octanol–water partition coefficient (Wildman–Crippen LogP) is 6.45. The molecule has 0 radical (unpaired) electrons. The van der Waals surface area contributed by atoms with E-state index < -0.39 is 6.04 Å². The number of methoxy groups -OCH3 is 1. The number of ether oxygens (including phenoxy) is 1. The van der Waals surface area contributed by atoms with Gasteiger partial charge in [0.05, 0.1) is 18.1 Å². The normalized spacial score (nSPS) is 15.5. The molecule has 0 unspecified atom stereocenters. The summed E-state index contributed by atoms with van der Waals surface area (Å²) in [6, 6.07) is 5.29. The average molecular weight is 570 g/mol. The van der Waals surface area contributed by atoms with E-state index in [9.17, 15) is 9.59 Å². The molecular formula is C33H55N5O3. The lowest BCUT2D eigenvalue weighted by atomic mass is 9.87. The Morgan fingerprint density at radius 3 is 2.20 bits per heavy atom. The van der Waals surface area contributed by atoms with Gasteiger partial charge in [0, 0.05) is 25.2 Å². The fourth-order valence-corrected chi connectivity index (χ4v) is 5.43. The monoisotopic (exact) mass is 569 g/mol. The van der Waals surface area contributed by atoms with Gasteiger partial charge in [-0.15, -0.1) is 0 Å². The van der Waals surface area contributed by atoms with Crippen molar-refractivity contribution in [3.05, 3.63) is 23.8 Å². The van der Waals surface area contributed by atoms with E-state index in [1.807, 2.05) is 43.9 Å². The number of amides is 1. The molecule has 0 spiro atoms. The van der Waals surface area contributed by atoms with E-state index in [1.165, 1.54) is 26.4 Å². The Balaban J connectivity index is 1.95. The summed E-state index contributed by atoms with van der Waals surface area (Å²) in [5.41, 5.74) is 2.05. The number of imidazole rings is 1. The van der Waals surface area contributed by atoms with E-state index >= 15 is 0 Å². The van der Waals surface area contributed by atoms with Crippen LogP contribution in [0.3, 0.4) is 0 Å². The number of aryl methyl sites for hydroxylation is 1. The maximum absolute atomic E-state index is 13.8. The van der Waals surface area contributed by atoms with Gasteiger partial charge in [-0.25, -0.2) is 9.78 Å². The summed E-state index contributed by atoms with van der Waals surface area (Å²) in [6.07, 6.45) is 6.78. The van der Waals surface area contributed by atoms with Crippen LogP contribution in [0.5, 0.6) is 0 Å². The molecule has 1 atom stereocenters. The van der Waals surface area contributed by atoms with Crippen LogP contribution >= 0.6 is 0 Å². The minimum absolute atomic E-state index is 0.0749. The van der Waals surface area contributed by atoms with Crippen LogP contribution < -0.4 is 5.32 Å². The third kappa shape index (κ3) is 9.45. The highest BCUT2D eigenvalue weighted by molar-refractivity contribution is 5.98. The van der Waals surface area contributed by atoms with Crippen LogP contribution in [-0.2, 0) is 16.1 Å². The number of carbonyl (C=O) groups excluding carboxylic acids is 2. The van der Waals surface area contributed by atoms with Gasteiger partial charge in [0.2, 0.25) is 5.95 Å². The van der Waals surface area contributed by atoms with Gasteiger partial charge in [0.15, 0.2) is 0 Å². The van der Waals surface area contributed by atoms with E-state index in [-0.39, 0.29) is 17.3 Å². The number of anilines is 1. The summed E-state index contributed by atoms with van der Waals surface area (Å²) in [4.78, 5) is 36.0. The summed E-state index contributed by atoms with van der Waals surface area (Å²) in [5, 5.41) is 3.42. The van der Waals surface area contributed by atoms with Crippen molar-refractivity contribution in [3.8, 4) is 0 Å². The van der Waals surface area contributed by atoms with Gasteiger partial charge in [-0.2, -0.15) is 0 Å². The number of likely N-dealkylation sites (tertiary alicyclic amines) is 1. The van der Waals surface area contributed by atoms with Crippen molar-refractivity contribution in [2.24, 2.45) is 17.3 Å². The first-order chi connectivity index (χ1) is 19.4. The van der Waals surface area contributed by atoms with Gasteiger partial charge in [-0.3, -0.25) is 4.79 Å². The van der Waals surface area contributed by atoms with Gasteiger partial charge in [-0.1, -0.05) is 54.9 Å². The molecule has 0 bridgehead atoms. The van der Waals surface area contributed by atoms with Crippen molar-refractivity contribution in [2.45, 2.75) is 99.6 Å². The van der Waals surface area contributed by atoms with E-state index in [0.29, 0.717) is 23.3 Å². The minimum Gasteiger partial charge on any atom is -0.467 e. The van der Waals surface area contributed by atoms with Crippen molar-refractivity contribution in [1.29, 1.82) is 0 Å². The Morgan fingerprint density at radius 2 is 1.63 bits per heavy atom. The number of piperidine rings is 1. The molecule has 2 aromatic rings. The number of aromatic nitrogens is 2. The molecule has 1 N–H and O–H groups in total. The molecule has 1 aromatic heterocycles. The molecule has 41 heavy (non-hydrogen) atoms. The maximum Gasteiger partial charge on any atom is 0.328 e. The number of esters is 1. The number of benzene rings is 1. The van der Waals surface area contributed by atoms with Crippen LogP contribution in [0.15, 0.2) is 18.2 Å². The van der Waals surface area contributed by atoms with Crippen LogP contribution in [-0.4, -0.2) is 77.1 Å². The van der Waals surface area contributed by atoms with Crippen molar-refractivity contribution in [1.82, 2.24) is 19.4 Å². The van der Waals surface area contributed by atoms with Crippen LogP contribution in [0.25, 0.3) is 11.0 Å². The zero-order valence-electron chi connectivity index (χ0n) is 27.0. The molecule has 2 heterocycles. The highest BCUT2D eigenvalue weighted by atomic mass is 16.5. The van der Waals surface area contributed by atoms with E-state index in [1.54, 1.807) is 0 Å². The molecule has 1 aliphatic heterocycles. The van der Waals surface area contributed by atoms with Crippen molar-refractivity contribution in [2.75, 3.05) is 45.2 Å². The average Bonchev–Trinajstić information content (AvgIpc) is 3.27. The molecule has 3 rings (SSSR count). The number of hydrogen-bond donors (Lipinski definition) is 1. The Hall–Kier alpha value is -2.61. The summed E-state index contributed by atoms with van der Waals surface area (Å²) >= 11 is 0. The first-order valence-corrected chi connectivity index (χ1v) is 15.8. The first-order valence-electron chi connectivity index (χ1n) is 15.8. The number of rotatable bonds is 14. The number of hydrogen-bond acceptors (Lipinski definition) is 6. The molecule has 8 heteroatoms. The molecule has 0 aliphatic carbocycles. The predicted molar refractivity (Wildman–Crippen MR) is 168 cm³/mol. The van der Waals surface area contributed by atoms with E-state index in [2.05, 4.69) is 42.5 Å². The topological polar surface area (TPSA) is 79.7 Å². The van der Waals surface area contributed by atoms with Gasteiger partial charge in [-0.05, 0) is 87.2 Å². The zero-order chi connectivity index (χ0) is 30.2. The molecule has 1 amide bonds. The Labute approximate surface area is 248 Å². The molecule has 1 aromatic carbocycles. The van der Waals surface area contributed by atoms with Gasteiger partial charge in [0.1, 0.15) is 6.04 Å². The number of nitrogens with one attached hydrogen (secondary N) is 1. The second-order valence-electron chi connectivity index (χ2n) is 13.7. The largest absolute Gasteiger partial charge is 0.467 e. The van der Waals surface area contributed by atoms with Crippen LogP contribution in [0, 0.1) is 17.3 Å². The molecule has 230 valence electrons. The first kappa shape index (κ1) is 32.9. The lowest BCUT2D eigenvalue weighted by Gasteiger charge is -2.30. The third-order valence-corrected chi connectivity index (χ3v) is 8.12. The fourth-order valence-electron chi connectivity index (χ4n) is 5.43. The SMILES string of the molecule is COC(=O)[C@@H](Nc1nc2ccc(C(=O)N(CCC(C)C)CCC(C)C)cc2n1CCCN1CCCCC1)C(C)(C)C. The Kier molecular flexibility index (Phi) is 12.1. The van der Waals surface area contributed by atoms with Crippen molar-refractivity contribution >= 4 is 28.9 Å². The maximum atomic E-state index is 13.8. The Bertz CT molecular complexity index is 1120. The molecular weight excluding hydrogens is 514 g/mol. The van der Waals surface area contributed by atoms with Gasteiger partial charge < -0.3 is 24.4 Å². The molecule has 1 aliphatic rings.